The fourth-order valence-electron chi connectivity index (χ4n) is 0.855. The van der Waals surface area contributed by atoms with Gasteiger partial charge in [0.15, 0.2) is 0 Å². The first kappa shape index (κ1) is 12.2. The second-order valence-electron chi connectivity index (χ2n) is 3.44. The van der Waals surface area contributed by atoms with Gasteiger partial charge in [-0.1, -0.05) is 23.7 Å². The normalized spacial score (nSPS) is 11.9. The Hall–Kier alpha value is 0.107. The van der Waals surface area contributed by atoms with E-state index in [9.17, 15) is 0 Å². The van der Waals surface area contributed by atoms with Crippen molar-refractivity contribution in [2.45, 2.75) is 17.6 Å². The summed E-state index contributed by atoms with van der Waals surface area (Å²) in [7, 11) is -2.11. The van der Waals surface area contributed by atoms with Gasteiger partial charge in [0.2, 0.25) is 0 Å². The van der Waals surface area contributed by atoms with E-state index in [1.165, 1.54) is 0 Å². The van der Waals surface area contributed by atoms with Gasteiger partial charge in [-0.05, 0) is 25.2 Å². The van der Waals surface area contributed by atoms with Crippen molar-refractivity contribution in [1.82, 2.24) is 0 Å². The molecule has 0 heterocycles. The molecule has 0 bridgehead atoms. The van der Waals surface area contributed by atoms with Crippen LogP contribution in [-0.4, -0.2) is 12.8 Å². The molecule has 1 rings (SSSR count). The number of para-hydroxylation sites is 1. The molecule has 1 aromatic carbocycles. The van der Waals surface area contributed by atoms with Crippen LogP contribution in [0.2, 0.25) is 18.1 Å². The van der Waals surface area contributed by atoms with Crippen molar-refractivity contribution in [2.75, 3.05) is 0 Å². The predicted molar refractivity (Wildman–Crippen MR) is 65.1 cm³/mol. The Labute approximate surface area is 100 Å². The Balaban J connectivity index is 2.84. The van der Waals surface area contributed by atoms with E-state index in [1.807, 2.05) is 31.3 Å². The van der Waals surface area contributed by atoms with E-state index in [2.05, 4.69) is 0 Å². The maximum Gasteiger partial charge on any atom is 0.277 e. The van der Waals surface area contributed by atoms with Gasteiger partial charge in [-0.2, -0.15) is 0 Å². The minimum Gasteiger partial charge on any atom is -0.540 e. The molecular weight excluding hydrogens is 259 g/mol. The van der Waals surface area contributed by atoms with Crippen LogP contribution in [0.25, 0.3) is 0 Å². The van der Waals surface area contributed by atoms with Crippen LogP contribution in [0.5, 0.6) is 5.75 Å². The number of hydrogen-bond donors (Lipinski definition) is 0. The maximum absolute atomic E-state index is 5.95. The second kappa shape index (κ2) is 4.75. The summed E-state index contributed by atoms with van der Waals surface area (Å²) in [6.07, 6.45) is 0. The molecule has 14 heavy (non-hydrogen) atoms. The van der Waals surface area contributed by atoms with Crippen LogP contribution < -0.4 is 4.43 Å². The fourth-order valence-corrected chi connectivity index (χ4v) is 2.20. The van der Waals surface area contributed by atoms with E-state index in [1.54, 1.807) is 6.07 Å². The summed E-state index contributed by atoms with van der Waals surface area (Å²) in [5, 5.41) is 0.585. The number of benzene rings is 1. The van der Waals surface area contributed by atoms with E-state index in [4.69, 9.17) is 39.2 Å². The van der Waals surface area contributed by atoms with Crippen LogP contribution in [0, 0.1) is 0 Å². The summed E-state index contributed by atoms with van der Waals surface area (Å²) in [5.41, 5.74) is 0. The van der Waals surface area contributed by atoms with Crippen LogP contribution in [0.4, 0.5) is 0 Å². The van der Waals surface area contributed by atoms with Crippen LogP contribution >= 0.6 is 34.8 Å². The molecule has 0 unspecified atom stereocenters. The Morgan fingerprint density at radius 1 is 1.21 bits per heavy atom. The summed E-state index contributed by atoms with van der Waals surface area (Å²) in [6, 6.07) is 7.30. The Morgan fingerprint density at radius 2 is 1.79 bits per heavy atom. The molecule has 0 spiro atoms. The molecular formula is C9H11Cl3OSi. The van der Waals surface area contributed by atoms with E-state index < -0.39 is 12.8 Å². The highest BCUT2D eigenvalue weighted by atomic mass is 35.5. The lowest BCUT2D eigenvalue weighted by atomic mass is 10.3. The minimum absolute atomic E-state index is 0.473. The van der Waals surface area contributed by atoms with Crippen molar-refractivity contribution in [1.29, 1.82) is 0 Å². The Kier molecular flexibility index (Phi) is 4.13. The summed E-state index contributed by atoms with van der Waals surface area (Å²) in [4.78, 5) is 0. The molecule has 0 aromatic heterocycles. The number of rotatable bonds is 3. The molecule has 1 aromatic rings. The zero-order valence-corrected chi connectivity index (χ0v) is 11.2. The van der Waals surface area contributed by atoms with Crippen LogP contribution in [-0.2, 0) is 0 Å². The van der Waals surface area contributed by atoms with Crippen molar-refractivity contribution in [3.63, 3.8) is 0 Å². The van der Waals surface area contributed by atoms with E-state index in [0.717, 1.165) is 0 Å². The molecule has 0 N–H and O–H groups in total. The molecule has 0 aliphatic heterocycles. The van der Waals surface area contributed by atoms with E-state index in [0.29, 0.717) is 10.8 Å². The molecule has 0 atom stereocenters. The standard InChI is InChI=1S/C9H11Cl3OSi/c1-14(2,9(11)12)13-8-6-4-3-5-7(8)10/h3-6,9H,1-2H3. The quantitative estimate of drug-likeness (QED) is 0.588. The molecule has 0 saturated heterocycles. The lowest BCUT2D eigenvalue weighted by Crippen LogP contribution is -2.42. The monoisotopic (exact) mass is 268 g/mol. The SMILES string of the molecule is C[Si](C)(Oc1ccccc1Cl)C(Cl)Cl. The highest BCUT2D eigenvalue weighted by Crippen LogP contribution is 2.29. The average molecular weight is 270 g/mol. The minimum atomic E-state index is -2.11. The predicted octanol–water partition coefficient (Wildman–Crippen LogP) is 4.27. The first-order chi connectivity index (χ1) is 6.43. The first-order valence-corrected chi connectivity index (χ1v) is 8.39. The summed E-state index contributed by atoms with van der Waals surface area (Å²) in [5.74, 6) is 0.650. The Morgan fingerprint density at radius 3 is 2.29 bits per heavy atom. The van der Waals surface area contributed by atoms with Crippen molar-refractivity contribution in [3.8, 4) is 5.75 Å². The van der Waals surface area contributed by atoms with Gasteiger partial charge in [0.25, 0.3) is 8.32 Å². The lowest BCUT2D eigenvalue weighted by molar-refractivity contribution is 0.553. The third-order valence-corrected chi connectivity index (χ3v) is 7.00. The van der Waals surface area contributed by atoms with Crippen molar-refractivity contribution in [2.24, 2.45) is 0 Å². The maximum atomic E-state index is 5.95. The topological polar surface area (TPSA) is 9.23 Å². The van der Waals surface area contributed by atoms with Crippen molar-refractivity contribution >= 4 is 43.1 Å². The van der Waals surface area contributed by atoms with E-state index >= 15 is 0 Å². The van der Waals surface area contributed by atoms with Gasteiger partial charge in [-0.15, -0.1) is 23.2 Å². The van der Waals surface area contributed by atoms with Crippen molar-refractivity contribution < 1.29 is 4.43 Å². The molecule has 0 aliphatic carbocycles. The van der Waals surface area contributed by atoms with Gasteiger partial charge in [0.1, 0.15) is 10.2 Å². The molecule has 0 fully saturated rings. The Bertz CT molecular complexity index is 315. The number of halogens is 3. The van der Waals surface area contributed by atoms with Crippen molar-refractivity contribution in [3.05, 3.63) is 29.3 Å². The zero-order valence-electron chi connectivity index (χ0n) is 7.93. The smallest absolute Gasteiger partial charge is 0.277 e. The zero-order chi connectivity index (χ0) is 10.8. The van der Waals surface area contributed by atoms with Gasteiger partial charge in [-0.3, -0.25) is 0 Å². The molecule has 0 aliphatic rings. The fraction of sp³-hybridized carbons (Fsp3) is 0.333. The van der Waals surface area contributed by atoms with Crippen LogP contribution in [0.15, 0.2) is 24.3 Å². The largest absolute Gasteiger partial charge is 0.540 e. The number of hydrogen-bond acceptors (Lipinski definition) is 1. The molecule has 5 heteroatoms. The molecule has 0 amide bonds. The average Bonchev–Trinajstić information content (AvgIpc) is 2.08. The van der Waals surface area contributed by atoms with Gasteiger partial charge >= 0.3 is 0 Å². The summed E-state index contributed by atoms with van der Waals surface area (Å²) in [6.45, 7) is 3.89. The number of alkyl halides is 2. The third kappa shape index (κ3) is 3.06. The molecule has 0 saturated carbocycles. The van der Waals surface area contributed by atoms with Gasteiger partial charge < -0.3 is 4.43 Å². The highest BCUT2D eigenvalue weighted by Gasteiger charge is 2.33. The lowest BCUT2D eigenvalue weighted by Gasteiger charge is -2.25. The van der Waals surface area contributed by atoms with Crippen LogP contribution in [0.3, 0.4) is 0 Å². The highest BCUT2D eigenvalue weighted by molar-refractivity contribution is 6.88. The van der Waals surface area contributed by atoms with Gasteiger partial charge in [-0.25, -0.2) is 0 Å². The third-order valence-electron chi connectivity index (χ3n) is 1.74. The molecule has 78 valence electrons. The first-order valence-electron chi connectivity index (χ1n) is 4.15. The van der Waals surface area contributed by atoms with Gasteiger partial charge in [0.05, 0.1) is 5.02 Å². The van der Waals surface area contributed by atoms with Gasteiger partial charge in [0, 0.05) is 0 Å². The molecule has 1 nitrogen and oxygen atoms in total. The molecule has 0 radical (unpaired) electrons. The second-order valence-corrected chi connectivity index (χ2v) is 9.66. The summed E-state index contributed by atoms with van der Waals surface area (Å²) >= 11 is 17.6. The van der Waals surface area contributed by atoms with Crippen LogP contribution in [0.1, 0.15) is 0 Å². The summed E-state index contributed by atoms with van der Waals surface area (Å²) < 4.78 is 5.26. The van der Waals surface area contributed by atoms with E-state index in [-0.39, 0.29) is 0 Å².